The van der Waals surface area contributed by atoms with Crippen molar-refractivity contribution in [3.8, 4) is 0 Å². The number of likely N-dealkylation sites (tertiary alicyclic amines) is 1. The molecule has 1 N–H and O–H groups in total. The molecule has 3 aliphatic rings. The van der Waals surface area contributed by atoms with Crippen LogP contribution >= 0.6 is 0 Å². The first-order valence-electron chi connectivity index (χ1n) is 14.2. The van der Waals surface area contributed by atoms with Gasteiger partial charge >= 0.3 is 6.09 Å². The number of carbonyl (C=O) groups is 2. The van der Waals surface area contributed by atoms with Gasteiger partial charge in [-0.15, -0.1) is 0 Å². The minimum absolute atomic E-state index is 0.00673. The maximum Gasteiger partial charge on any atom is 0.416 e. The molecule has 0 radical (unpaired) electrons. The van der Waals surface area contributed by atoms with Gasteiger partial charge in [-0.3, -0.25) is 9.69 Å². The van der Waals surface area contributed by atoms with Crippen molar-refractivity contribution in [3.63, 3.8) is 0 Å². The second-order valence-corrected chi connectivity index (χ2v) is 11.7. The number of rotatable bonds is 8. The van der Waals surface area contributed by atoms with E-state index in [2.05, 4.69) is 15.4 Å². The molecule has 2 atom stereocenters. The van der Waals surface area contributed by atoms with E-state index in [9.17, 15) is 9.59 Å². The van der Waals surface area contributed by atoms with Gasteiger partial charge in [0, 0.05) is 44.9 Å². The fraction of sp³-hybridized carbons (Fsp3) is 0.690. The Balaban J connectivity index is 1.37. The molecule has 1 saturated carbocycles. The van der Waals surface area contributed by atoms with E-state index in [0.29, 0.717) is 12.4 Å². The smallest absolute Gasteiger partial charge is 0.416 e. The average molecular weight is 529 g/mol. The van der Waals surface area contributed by atoms with Gasteiger partial charge in [0.05, 0.1) is 6.04 Å². The first-order chi connectivity index (χ1) is 18.3. The van der Waals surface area contributed by atoms with Gasteiger partial charge in [0.25, 0.3) is 5.91 Å². The van der Waals surface area contributed by atoms with Crippen LogP contribution in [0.15, 0.2) is 24.4 Å². The highest BCUT2D eigenvalue weighted by Gasteiger charge is 2.35. The molecule has 210 valence electrons. The fourth-order valence-corrected chi connectivity index (χ4v) is 5.44. The number of hydrogen-bond donors (Lipinski definition) is 1. The lowest BCUT2D eigenvalue weighted by atomic mass is 9.89. The van der Waals surface area contributed by atoms with Crippen molar-refractivity contribution in [1.29, 1.82) is 0 Å². The highest BCUT2D eigenvalue weighted by atomic mass is 16.8. The van der Waals surface area contributed by atoms with E-state index < -0.39 is 11.9 Å². The number of pyridine rings is 1. The molecule has 1 aromatic heterocycles. The second-order valence-electron chi connectivity index (χ2n) is 11.7. The number of ether oxygens (including phenoxy) is 2. The molecule has 4 rings (SSSR count). The largest absolute Gasteiger partial charge is 0.443 e. The van der Waals surface area contributed by atoms with E-state index in [1.165, 1.54) is 38.2 Å². The Bertz CT molecular complexity index is 933. The van der Waals surface area contributed by atoms with Crippen LogP contribution in [0.5, 0.6) is 0 Å². The topological polar surface area (TPSA) is 93.2 Å². The zero-order valence-corrected chi connectivity index (χ0v) is 23.2. The van der Waals surface area contributed by atoms with Crippen molar-refractivity contribution in [2.24, 2.45) is 5.92 Å². The summed E-state index contributed by atoms with van der Waals surface area (Å²) in [5, 5.41) is 0. The summed E-state index contributed by atoms with van der Waals surface area (Å²) in [6, 6.07) is 3.67. The Morgan fingerprint density at radius 2 is 1.92 bits per heavy atom. The van der Waals surface area contributed by atoms with E-state index in [4.69, 9.17) is 14.3 Å². The molecule has 0 bridgehead atoms. The van der Waals surface area contributed by atoms with Crippen molar-refractivity contribution < 1.29 is 23.9 Å². The van der Waals surface area contributed by atoms with Crippen LogP contribution < -0.4 is 10.4 Å². The summed E-state index contributed by atoms with van der Waals surface area (Å²) in [6.07, 6.45) is 14.3. The van der Waals surface area contributed by atoms with Crippen LogP contribution in [-0.2, 0) is 19.1 Å². The molecular weight excluding hydrogens is 484 g/mol. The maximum atomic E-state index is 13.3. The van der Waals surface area contributed by atoms with Crippen LogP contribution in [0.1, 0.15) is 84.1 Å². The number of nitrogens with zero attached hydrogens (tertiary/aromatic N) is 3. The Morgan fingerprint density at radius 1 is 1.13 bits per heavy atom. The zero-order valence-electron chi connectivity index (χ0n) is 23.2. The monoisotopic (exact) mass is 528 g/mol. The van der Waals surface area contributed by atoms with E-state index in [1.807, 2.05) is 32.9 Å². The van der Waals surface area contributed by atoms with Gasteiger partial charge in [-0.05, 0) is 82.6 Å². The Labute approximate surface area is 226 Å². The van der Waals surface area contributed by atoms with Crippen molar-refractivity contribution in [1.82, 2.24) is 15.4 Å². The summed E-state index contributed by atoms with van der Waals surface area (Å²) in [4.78, 5) is 39.5. The summed E-state index contributed by atoms with van der Waals surface area (Å²) >= 11 is 0. The summed E-state index contributed by atoms with van der Waals surface area (Å²) in [6.45, 7) is 9.19. The molecule has 1 aromatic rings. The van der Waals surface area contributed by atoms with Crippen molar-refractivity contribution in [2.45, 2.75) is 96.5 Å². The SMILES string of the molecule is CC(C)(C)OC(=O)N(c1ccc(C=CC(=O)NOC2CCCCO2)cn1)[C@@H]1CCN(CC2CCCCC2)C1. The third-order valence-corrected chi connectivity index (χ3v) is 7.32. The molecule has 9 nitrogen and oxygen atoms in total. The third-order valence-electron chi connectivity index (χ3n) is 7.32. The molecule has 0 aromatic carbocycles. The van der Waals surface area contributed by atoms with Crippen LogP contribution in [0.3, 0.4) is 0 Å². The number of hydrogen-bond acceptors (Lipinski definition) is 7. The summed E-state index contributed by atoms with van der Waals surface area (Å²) in [5.41, 5.74) is 2.56. The van der Waals surface area contributed by atoms with Gasteiger partial charge in [0.2, 0.25) is 0 Å². The molecule has 1 unspecified atom stereocenters. The second kappa shape index (κ2) is 13.5. The molecule has 2 aliphatic heterocycles. The molecule has 2 amide bonds. The highest BCUT2D eigenvalue weighted by molar-refractivity contribution is 5.91. The molecule has 2 saturated heterocycles. The van der Waals surface area contributed by atoms with E-state index in [1.54, 1.807) is 17.2 Å². The number of nitrogens with one attached hydrogen (secondary N) is 1. The lowest BCUT2D eigenvalue weighted by molar-refractivity contribution is -0.198. The summed E-state index contributed by atoms with van der Waals surface area (Å²) < 4.78 is 11.2. The molecular formula is C29H44N4O5. The molecule has 1 aliphatic carbocycles. The predicted octanol–water partition coefficient (Wildman–Crippen LogP) is 5.07. The highest BCUT2D eigenvalue weighted by Crippen LogP contribution is 2.29. The van der Waals surface area contributed by atoms with Gasteiger partial charge in [-0.25, -0.2) is 20.1 Å². The van der Waals surface area contributed by atoms with E-state index >= 15 is 0 Å². The van der Waals surface area contributed by atoms with Crippen molar-refractivity contribution in [3.05, 3.63) is 30.0 Å². The molecule has 0 spiro atoms. The summed E-state index contributed by atoms with van der Waals surface area (Å²) in [5.74, 6) is 0.949. The number of hydroxylamine groups is 1. The number of anilines is 1. The zero-order chi connectivity index (χ0) is 27.0. The maximum absolute atomic E-state index is 13.3. The van der Waals surface area contributed by atoms with Crippen LogP contribution in [0.4, 0.5) is 10.6 Å². The van der Waals surface area contributed by atoms with Gasteiger partial charge in [0.15, 0.2) is 6.29 Å². The summed E-state index contributed by atoms with van der Waals surface area (Å²) in [7, 11) is 0. The quantitative estimate of drug-likeness (QED) is 0.372. The van der Waals surface area contributed by atoms with E-state index in [0.717, 1.165) is 56.8 Å². The van der Waals surface area contributed by atoms with Gasteiger partial charge in [-0.2, -0.15) is 0 Å². The molecule has 9 heteroatoms. The lowest BCUT2D eigenvalue weighted by Crippen LogP contribution is -2.45. The molecule has 3 heterocycles. The lowest BCUT2D eigenvalue weighted by Gasteiger charge is -2.31. The van der Waals surface area contributed by atoms with E-state index in [-0.39, 0.29) is 18.0 Å². The van der Waals surface area contributed by atoms with Crippen LogP contribution in [0, 0.1) is 5.92 Å². The Kier molecular flexibility index (Phi) is 10.2. The fourth-order valence-electron chi connectivity index (χ4n) is 5.44. The Morgan fingerprint density at radius 3 is 2.61 bits per heavy atom. The Hall–Kier alpha value is -2.49. The number of aromatic nitrogens is 1. The van der Waals surface area contributed by atoms with Gasteiger partial charge < -0.3 is 14.4 Å². The standard InChI is InChI=1S/C29H44N4O5/c1-29(2,3)37-28(35)33(24-16-17-32(21-24)20-23-9-5-4-6-10-23)25-14-12-22(19-30-25)13-15-26(34)31-38-27-11-7-8-18-36-27/h12-15,19,23-24,27H,4-11,16-18,20-21H2,1-3H3,(H,31,34)/t24-,27?/m1/s1. The van der Waals surface area contributed by atoms with Crippen LogP contribution in [0.2, 0.25) is 0 Å². The predicted molar refractivity (Wildman–Crippen MR) is 146 cm³/mol. The number of amides is 2. The van der Waals surface area contributed by atoms with Crippen LogP contribution in [0.25, 0.3) is 6.08 Å². The first-order valence-corrected chi connectivity index (χ1v) is 14.2. The van der Waals surface area contributed by atoms with Crippen LogP contribution in [-0.4, -0.2) is 66.1 Å². The van der Waals surface area contributed by atoms with Gasteiger partial charge in [0.1, 0.15) is 11.4 Å². The van der Waals surface area contributed by atoms with Gasteiger partial charge in [-0.1, -0.05) is 19.3 Å². The average Bonchev–Trinajstić information content (AvgIpc) is 3.35. The molecule has 38 heavy (non-hydrogen) atoms. The third kappa shape index (κ3) is 8.78. The minimum Gasteiger partial charge on any atom is -0.443 e. The molecule has 3 fully saturated rings. The van der Waals surface area contributed by atoms with Crippen molar-refractivity contribution in [2.75, 3.05) is 31.1 Å². The van der Waals surface area contributed by atoms with Crippen molar-refractivity contribution >= 4 is 23.9 Å². The first kappa shape index (κ1) is 28.5. The number of carbonyl (C=O) groups excluding carboxylic acids is 2. The normalized spacial score (nSPS) is 23.4. The minimum atomic E-state index is -0.601.